The third-order valence-electron chi connectivity index (χ3n) is 3.60. The van der Waals surface area contributed by atoms with Gasteiger partial charge in [0, 0.05) is 44.0 Å². The van der Waals surface area contributed by atoms with Crippen LogP contribution in [0, 0.1) is 0 Å². The van der Waals surface area contributed by atoms with Gasteiger partial charge in [0.15, 0.2) is 0 Å². The lowest BCUT2D eigenvalue weighted by Crippen LogP contribution is -2.51. The molecule has 0 saturated carbocycles. The number of nitrogens with one attached hydrogen (secondary N) is 1. The van der Waals surface area contributed by atoms with Crippen molar-refractivity contribution in [3.63, 3.8) is 0 Å². The Labute approximate surface area is 154 Å². The first kappa shape index (κ1) is 22.2. The van der Waals surface area contributed by atoms with Crippen LogP contribution in [-0.2, 0) is 4.79 Å². The zero-order valence-corrected chi connectivity index (χ0v) is 15.1. The molecule has 8 heteroatoms. The number of carbonyl (C=O) groups excluding carboxylic acids is 2. The van der Waals surface area contributed by atoms with Gasteiger partial charge in [-0.05, 0) is 18.2 Å². The minimum absolute atomic E-state index is 0. The van der Waals surface area contributed by atoms with Crippen molar-refractivity contribution in [2.45, 2.75) is 0 Å². The summed E-state index contributed by atoms with van der Waals surface area (Å²) in [6, 6.07) is 7.00. The lowest BCUT2D eigenvalue weighted by atomic mass is 10.1. The number of nitrogens with two attached hydrogens (primary N) is 1. The van der Waals surface area contributed by atoms with E-state index in [1.54, 1.807) is 35.2 Å². The molecule has 1 aromatic rings. The molecule has 2 rings (SSSR count). The van der Waals surface area contributed by atoms with E-state index in [1.165, 1.54) is 0 Å². The number of hydrogen-bond donors (Lipinski definition) is 2. The molecule has 1 aliphatic heterocycles. The van der Waals surface area contributed by atoms with E-state index in [1.807, 2.05) is 4.90 Å². The topological polar surface area (TPSA) is 78.7 Å². The summed E-state index contributed by atoms with van der Waals surface area (Å²) in [5.74, 6) is -0.0291. The van der Waals surface area contributed by atoms with E-state index in [-0.39, 0.29) is 36.6 Å². The van der Waals surface area contributed by atoms with Gasteiger partial charge in [0.1, 0.15) is 0 Å². The number of halogens is 2. The largest absolute Gasteiger partial charge is 0.399 e. The fourth-order valence-electron chi connectivity index (χ4n) is 2.41. The number of hydrogen-bond acceptors (Lipinski definition) is 4. The van der Waals surface area contributed by atoms with Crippen LogP contribution in [0.4, 0.5) is 5.69 Å². The van der Waals surface area contributed by atoms with E-state index >= 15 is 0 Å². The molecule has 0 bridgehead atoms. The molecule has 0 aliphatic carbocycles. The van der Waals surface area contributed by atoms with Gasteiger partial charge in [-0.15, -0.1) is 31.4 Å². The van der Waals surface area contributed by atoms with E-state index < -0.39 is 0 Å². The van der Waals surface area contributed by atoms with Crippen LogP contribution < -0.4 is 11.1 Å². The molecule has 0 atom stereocenters. The van der Waals surface area contributed by atoms with Crippen molar-refractivity contribution in [2.24, 2.45) is 0 Å². The van der Waals surface area contributed by atoms with Crippen LogP contribution in [0.15, 0.2) is 36.9 Å². The van der Waals surface area contributed by atoms with Gasteiger partial charge in [-0.2, -0.15) is 0 Å². The van der Waals surface area contributed by atoms with Crippen LogP contribution in [0.5, 0.6) is 0 Å². The molecule has 1 aromatic carbocycles. The molecule has 0 aromatic heterocycles. The van der Waals surface area contributed by atoms with Crippen LogP contribution in [0.25, 0.3) is 0 Å². The number of anilines is 1. The zero-order valence-electron chi connectivity index (χ0n) is 13.4. The predicted octanol–water partition coefficient (Wildman–Crippen LogP) is 1.17. The van der Waals surface area contributed by atoms with E-state index in [0.29, 0.717) is 50.5 Å². The Kier molecular flexibility index (Phi) is 10.1. The van der Waals surface area contributed by atoms with Crippen LogP contribution in [0.2, 0.25) is 0 Å². The maximum absolute atomic E-state index is 12.4. The Bertz CT molecular complexity index is 561. The molecule has 3 N–H and O–H groups in total. The van der Waals surface area contributed by atoms with Crippen LogP contribution in [0.3, 0.4) is 0 Å². The summed E-state index contributed by atoms with van der Waals surface area (Å²) in [7, 11) is 0. The number of carbonyl (C=O) groups is 2. The van der Waals surface area contributed by atoms with E-state index in [9.17, 15) is 9.59 Å². The maximum Gasteiger partial charge on any atom is 0.254 e. The number of nitrogen functional groups attached to an aromatic ring is 1. The molecule has 0 radical (unpaired) electrons. The van der Waals surface area contributed by atoms with Gasteiger partial charge in [-0.3, -0.25) is 14.5 Å². The summed E-state index contributed by atoms with van der Waals surface area (Å²) in [4.78, 5) is 27.9. The summed E-state index contributed by atoms with van der Waals surface area (Å²) < 4.78 is 0. The number of rotatable bonds is 5. The Hall–Kier alpha value is -1.76. The Morgan fingerprint density at radius 1 is 1.21 bits per heavy atom. The highest BCUT2D eigenvalue weighted by Gasteiger charge is 2.23. The van der Waals surface area contributed by atoms with Gasteiger partial charge in [-0.1, -0.05) is 12.1 Å². The highest BCUT2D eigenvalue weighted by atomic mass is 35.5. The molecule has 1 aliphatic rings. The molecule has 6 nitrogen and oxygen atoms in total. The number of piperazine rings is 1. The molecule has 1 fully saturated rings. The highest BCUT2D eigenvalue weighted by Crippen LogP contribution is 2.11. The number of amides is 2. The van der Waals surface area contributed by atoms with Gasteiger partial charge in [0.05, 0.1) is 6.54 Å². The first-order valence-electron chi connectivity index (χ1n) is 7.35. The molecule has 134 valence electrons. The van der Waals surface area contributed by atoms with Crippen molar-refractivity contribution < 1.29 is 9.59 Å². The second-order valence-corrected chi connectivity index (χ2v) is 5.29. The summed E-state index contributed by atoms with van der Waals surface area (Å²) in [6.45, 7) is 7.00. The first-order valence-corrected chi connectivity index (χ1v) is 7.35. The van der Waals surface area contributed by atoms with E-state index in [2.05, 4.69) is 11.9 Å². The van der Waals surface area contributed by atoms with Crippen molar-refractivity contribution in [1.82, 2.24) is 15.1 Å². The Balaban J connectivity index is 0.00000264. The fraction of sp³-hybridized carbons (Fsp3) is 0.375. The quantitative estimate of drug-likeness (QED) is 0.598. The third-order valence-corrected chi connectivity index (χ3v) is 3.60. The highest BCUT2D eigenvalue weighted by molar-refractivity contribution is 5.95. The molecule has 0 unspecified atom stereocenters. The standard InChI is InChI=1S/C16H22N4O2.2ClH/c1-2-6-18-15(21)12-19-7-9-20(10-8-19)16(22)13-4-3-5-14(17)11-13;;/h2-5,11H,1,6-10,12,17H2,(H,18,21);2*1H. The van der Waals surface area contributed by atoms with E-state index in [0.717, 1.165) is 0 Å². The van der Waals surface area contributed by atoms with E-state index in [4.69, 9.17) is 5.73 Å². The molecule has 24 heavy (non-hydrogen) atoms. The SMILES string of the molecule is C=CCNC(=O)CN1CCN(C(=O)c2cccc(N)c2)CC1.Cl.Cl. The lowest BCUT2D eigenvalue weighted by Gasteiger charge is -2.34. The second kappa shape index (κ2) is 10.9. The first-order chi connectivity index (χ1) is 10.6. The van der Waals surface area contributed by atoms with Crippen molar-refractivity contribution in [2.75, 3.05) is 45.0 Å². The van der Waals surface area contributed by atoms with Crippen molar-refractivity contribution in [3.8, 4) is 0 Å². The van der Waals surface area contributed by atoms with Gasteiger partial charge in [0.2, 0.25) is 5.91 Å². The smallest absolute Gasteiger partial charge is 0.254 e. The molecule has 1 saturated heterocycles. The molecule has 0 spiro atoms. The third kappa shape index (κ3) is 6.39. The van der Waals surface area contributed by atoms with Gasteiger partial charge in [0.25, 0.3) is 5.91 Å². The van der Waals surface area contributed by atoms with Crippen molar-refractivity contribution >= 4 is 42.3 Å². The van der Waals surface area contributed by atoms with Crippen LogP contribution >= 0.6 is 24.8 Å². The summed E-state index contributed by atoms with van der Waals surface area (Å²) >= 11 is 0. The summed E-state index contributed by atoms with van der Waals surface area (Å²) in [5, 5.41) is 2.75. The molecular weight excluding hydrogens is 351 g/mol. The lowest BCUT2D eigenvalue weighted by molar-refractivity contribution is -0.122. The minimum Gasteiger partial charge on any atom is -0.399 e. The number of nitrogens with zero attached hydrogens (tertiary/aromatic N) is 2. The monoisotopic (exact) mass is 374 g/mol. The van der Waals surface area contributed by atoms with Crippen molar-refractivity contribution in [1.29, 1.82) is 0 Å². The Morgan fingerprint density at radius 2 is 1.88 bits per heavy atom. The summed E-state index contributed by atoms with van der Waals surface area (Å²) in [5.41, 5.74) is 6.91. The van der Waals surface area contributed by atoms with Gasteiger partial charge in [-0.25, -0.2) is 0 Å². The van der Waals surface area contributed by atoms with Crippen molar-refractivity contribution in [3.05, 3.63) is 42.5 Å². The molecular formula is C16H24Cl2N4O2. The average molecular weight is 375 g/mol. The average Bonchev–Trinajstić information content (AvgIpc) is 2.53. The second-order valence-electron chi connectivity index (χ2n) is 5.29. The summed E-state index contributed by atoms with van der Waals surface area (Å²) in [6.07, 6.45) is 1.65. The molecule has 1 heterocycles. The normalized spacial score (nSPS) is 14.1. The van der Waals surface area contributed by atoms with Gasteiger partial charge < -0.3 is 16.0 Å². The maximum atomic E-state index is 12.4. The number of benzene rings is 1. The minimum atomic E-state index is -0.0180. The zero-order chi connectivity index (χ0) is 15.9. The molecule has 2 amide bonds. The van der Waals surface area contributed by atoms with Crippen LogP contribution in [-0.4, -0.2) is 60.9 Å². The Morgan fingerprint density at radius 3 is 2.46 bits per heavy atom. The predicted molar refractivity (Wildman–Crippen MR) is 101 cm³/mol. The van der Waals surface area contributed by atoms with Gasteiger partial charge >= 0.3 is 0 Å². The fourth-order valence-corrected chi connectivity index (χ4v) is 2.41. The van der Waals surface area contributed by atoms with Crippen LogP contribution in [0.1, 0.15) is 10.4 Å².